The molecular weight excluding hydrogens is 620 g/mol. The minimum absolute atomic E-state index is 0.0571. The number of carbonyl (C=O) groups excluding carboxylic acids is 3. The zero-order chi connectivity index (χ0) is 35.2. The standard InChI is InChI=1S/C31H62N4O12/c1-30(2,3)46-28(37)33-9-15-40-19-23-44-25-21-42-17-11-35(27(36)7-13-39-14-8-32)12-18-43-22-26-45-24-20-41-16-10-34-29(38)47-31(4,5)6/h7-26,32H2,1-6H3,(H,33,37)(H,34,38). The van der Waals surface area contributed by atoms with E-state index in [4.69, 9.17) is 48.4 Å². The van der Waals surface area contributed by atoms with Crippen molar-refractivity contribution in [1.82, 2.24) is 15.5 Å². The first-order valence-corrected chi connectivity index (χ1v) is 16.3. The average Bonchev–Trinajstić information content (AvgIpc) is 2.97. The first-order valence-electron chi connectivity index (χ1n) is 16.3. The van der Waals surface area contributed by atoms with E-state index >= 15 is 0 Å². The van der Waals surface area contributed by atoms with Gasteiger partial charge in [-0.25, -0.2) is 9.59 Å². The van der Waals surface area contributed by atoms with Gasteiger partial charge in [0.1, 0.15) is 11.2 Å². The number of nitrogens with zero attached hydrogens (tertiary/aromatic N) is 1. The lowest BCUT2D eigenvalue weighted by atomic mass is 10.2. The Morgan fingerprint density at radius 1 is 0.511 bits per heavy atom. The second-order valence-electron chi connectivity index (χ2n) is 12.1. The molecule has 0 saturated carbocycles. The topological polar surface area (TPSA) is 188 Å². The monoisotopic (exact) mass is 682 g/mol. The van der Waals surface area contributed by atoms with Gasteiger partial charge in [0, 0.05) is 32.7 Å². The number of ether oxygens (including phenoxy) is 9. The Labute approximate surface area is 280 Å². The average molecular weight is 683 g/mol. The molecule has 0 unspecified atom stereocenters. The highest BCUT2D eigenvalue weighted by Gasteiger charge is 2.16. The largest absolute Gasteiger partial charge is 0.444 e. The summed E-state index contributed by atoms with van der Waals surface area (Å²) in [5.74, 6) is -0.0571. The summed E-state index contributed by atoms with van der Waals surface area (Å²) in [6.07, 6.45) is -0.711. The summed E-state index contributed by atoms with van der Waals surface area (Å²) in [4.78, 5) is 37.5. The molecule has 0 fully saturated rings. The van der Waals surface area contributed by atoms with Crippen molar-refractivity contribution in [3.63, 3.8) is 0 Å². The van der Waals surface area contributed by atoms with E-state index in [-0.39, 0.29) is 12.3 Å². The van der Waals surface area contributed by atoms with Crippen LogP contribution in [-0.2, 0) is 47.4 Å². The Bertz CT molecular complexity index is 741. The van der Waals surface area contributed by atoms with E-state index in [1.165, 1.54) is 0 Å². The van der Waals surface area contributed by atoms with E-state index in [0.29, 0.717) is 125 Å². The number of rotatable bonds is 29. The molecule has 0 aromatic carbocycles. The lowest BCUT2D eigenvalue weighted by Crippen LogP contribution is -2.37. The molecule has 0 aliphatic rings. The number of amides is 3. The summed E-state index contributed by atoms with van der Waals surface area (Å²) in [5, 5.41) is 5.24. The van der Waals surface area contributed by atoms with Gasteiger partial charge in [0.15, 0.2) is 0 Å². The molecule has 0 bridgehead atoms. The molecule has 47 heavy (non-hydrogen) atoms. The zero-order valence-corrected chi connectivity index (χ0v) is 29.6. The van der Waals surface area contributed by atoms with Crippen molar-refractivity contribution < 1.29 is 57.0 Å². The maximum Gasteiger partial charge on any atom is 0.407 e. The molecule has 0 aromatic heterocycles. The highest BCUT2D eigenvalue weighted by molar-refractivity contribution is 5.76. The quantitative estimate of drug-likeness (QED) is 0.0960. The molecule has 0 spiro atoms. The molecule has 0 heterocycles. The molecule has 3 amide bonds. The highest BCUT2D eigenvalue weighted by atomic mass is 16.6. The van der Waals surface area contributed by atoms with Crippen LogP contribution in [-0.4, -0.2) is 159 Å². The van der Waals surface area contributed by atoms with Crippen LogP contribution in [0.3, 0.4) is 0 Å². The van der Waals surface area contributed by atoms with E-state index in [0.717, 1.165) is 0 Å². The Morgan fingerprint density at radius 3 is 1.21 bits per heavy atom. The first-order chi connectivity index (χ1) is 22.3. The minimum atomic E-state index is -0.538. The fourth-order valence-electron chi connectivity index (χ4n) is 3.38. The fourth-order valence-corrected chi connectivity index (χ4v) is 3.38. The Morgan fingerprint density at radius 2 is 0.851 bits per heavy atom. The van der Waals surface area contributed by atoms with E-state index in [9.17, 15) is 14.4 Å². The van der Waals surface area contributed by atoms with Gasteiger partial charge in [-0.2, -0.15) is 0 Å². The van der Waals surface area contributed by atoms with Crippen molar-refractivity contribution in [2.24, 2.45) is 5.73 Å². The number of nitrogens with two attached hydrogens (primary N) is 1. The highest BCUT2D eigenvalue weighted by Crippen LogP contribution is 2.07. The molecule has 16 heteroatoms. The zero-order valence-electron chi connectivity index (χ0n) is 29.6. The Balaban J connectivity index is 3.95. The Hall–Kier alpha value is -2.31. The van der Waals surface area contributed by atoms with Gasteiger partial charge < -0.3 is 63.9 Å². The third kappa shape index (κ3) is 33.4. The number of nitrogens with one attached hydrogen (secondary N) is 2. The van der Waals surface area contributed by atoms with Crippen LogP contribution in [0.4, 0.5) is 9.59 Å². The number of hydrogen-bond donors (Lipinski definition) is 3. The molecule has 4 N–H and O–H groups in total. The molecule has 278 valence electrons. The molecule has 0 atom stereocenters. The van der Waals surface area contributed by atoms with Crippen molar-refractivity contribution in [3.05, 3.63) is 0 Å². The van der Waals surface area contributed by atoms with Crippen LogP contribution >= 0.6 is 0 Å². The first kappa shape index (κ1) is 44.7. The summed E-state index contributed by atoms with van der Waals surface area (Å²) in [5.41, 5.74) is 4.36. The van der Waals surface area contributed by atoms with Crippen LogP contribution in [0.1, 0.15) is 48.0 Å². The molecule has 16 nitrogen and oxygen atoms in total. The van der Waals surface area contributed by atoms with Gasteiger partial charge in [-0.3, -0.25) is 4.79 Å². The summed E-state index contributed by atoms with van der Waals surface area (Å²) in [6.45, 7) is 17.9. The summed E-state index contributed by atoms with van der Waals surface area (Å²) < 4.78 is 48.7. The van der Waals surface area contributed by atoms with Gasteiger partial charge in [-0.05, 0) is 41.5 Å². The normalized spacial score (nSPS) is 11.7. The fraction of sp³-hybridized carbons (Fsp3) is 0.903. The van der Waals surface area contributed by atoms with Gasteiger partial charge in [0.2, 0.25) is 5.91 Å². The maximum absolute atomic E-state index is 12.7. The van der Waals surface area contributed by atoms with Crippen LogP contribution < -0.4 is 16.4 Å². The lowest BCUT2D eigenvalue weighted by molar-refractivity contribution is -0.134. The second kappa shape index (κ2) is 28.7. The molecular formula is C31H62N4O12. The van der Waals surface area contributed by atoms with Gasteiger partial charge in [0.25, 0.3) is 0 Å². The van der Waals surface area contributed by atoms with Crippen molar-refractivity contribution in [3.8, 4) is 0 Å². The predicted octanol–water partition coefficient (Wildman–Crippen LogP) is 1.33. The van der Waals surface area contributed by atoms with E-state index in [2.05, 4.69) is 10.6 Å². The van der Waals surface area contributed by atoms with Crippen molar-refractivity contribution in [2.45, 2.75) is 59.2 Å². The molecule has 0 aliphatic carbocycles. The number of alkyl carbamates (subject to hydrolysis) is 2. The summed E-state index contributed by atoms with van der Waals surface area (Å²) >= 11 is 0. The van der Waals surface area contributed by atoms with Crippen LogP contribution in [0.2, 0.25) is 0 Å². The lowest BCUT2D eigenvalue weighted by Gasteiger charge is -2.23. The Kier molecular flexibility index (Phi) is 27.3. The summed E-state index contributed by atoms with van der Waals surface area (Å²) in [7, 11) is 0. The van der Waals surface area contributed by atoms with Gasteiger partial charge in [-0.15, -0.1) is 0 Å². The van der Waals surface area contributed by atoms with Crippen LogP contribution in [0.25, 0.3) is 0 Å². The third-order valence-electron chi connectivity index (χ3n) is 5.40. The van der Waals surface area contributed by atoms with Gasteiger partial charge in [-0.1, -0.05) is 0 Å². The third-order valence-corrected chi connectivity index (χ3v) is 5.40. The number of carbonyl (C=O) groups is 3. The predicted molar refractivity (Wildman–Crippen MR) is 174 cm³/mol. The smallest absolute Gasteiger partial charge is 0.407 e. The molecule has 0 rings (SSSR count). The van der Waals surface area contributed by atoms with Crippen LogP contribution in [0.5, 0.6) is 0 Å². The van der Waals surface area contributed by atoms with Crippen LogP contribution in [0, 0.1) is 0 Å². The van der Waals surface area contributed by atoms with Crippen LogP contribution in [0.15, 0.2) is 0 Å². The van der Waals surface area contributed by atoms with E-state index in [1.54, 1.807) is 46.4 Å². The minimum Gasteiger partial charge on any atom is -0.444 e. The molecule has 0 aliphatic heterocycles. The molecule has 0 aromatic rings. The summed E-state index contributed by atoms with van der Waals surface area (Å²) in [6, 6.07) is 0. The SMILES string of the molecule is CC(C)(C)OC(=O)NCCOCCOCCOCCN(CCOCCOCCOCCNC(=O)OC(C)(C)C)C(=O)CCOCCN. The van der Waals surface area contributed by atoms with Gasteiger partial charge >= 0.3 is 12.2 Å². The van der Waals surface area contributed by atoms with E-state index in [1.807, 2.05) is 0 Å². The molecule has 0 saturated heterocycles. The van der Waals surface area contributed by atoms with Crippen molar-refractivity contribution >= 4 is 18.1 Å². The second-order valence-corrected chi connectivity index (χ2v) is 12.1. The molecule has 0 radical (unpaired) electrons. The number of hydrogen-bond acceptors (Lipinski definition) is 13. The van der Waals surface area contributed by atoms with E-state index < -0.39 is 23.4 Å². The maximum atomic E-state index is 12.7. The van der Waals surface area contributed by atoms with Crippen molar-refractivity contribution in [1.29, 1.82) is 0 Å². The van der Waals surface area contributed by atoms with Gasteiger partial charge in [0.05, 0.1) is 98.9 Å². The van der Waals surface area contributed by atoms with Crippen molar-refractivity contribution in [2.75, 3.05) is 125 Å².